The van der Waals surface area contributed by atoms with Gasteiger partial charge in [-0.05, 0) is 12.8 Å². The Morgan fingerprint density at radius 1 is 1.09 bits per heavy atom. The second-order valence-corrected chi connectivity index (χ2v) is 7.03. The summed E-state index contributed by atoms with van der Waals surface area (Å²) in [6.07, 6.45) is 1.12. The number of benzene rings is 1. The number of rotatable bonds is 3. The summed E-state index contributed by atoms with van der Waals surface area (Å²) >= 11 is 10.3. The first-order valence-corrected chi connectivity index (χ1v) is 8.47. The van der Waals surface area contributed by atoms with Gasteiger partial charge in [-0.1, -0.05) is 48.7 Å². The molecule has 0 amide bonds. The van der Waals surface area contributed by atoms with Gasteiger partial charge in [0.25, 0.3) is 0 Å². The predicted octanol–water partition coefficient (Wildman–Crippen LogP) is 2.48. The van der Waals surface area contributed by atoms with Gasteiger partial charge in [-0.15, -0.1) is 0 Å². The van der Waals surface area contributed by atoms with E-state index in [9.17, 15) is 14.7 Å². The zero-order chi connectivity index (χ0) is 16.6. The van der Waals surface area contributed by atoms with E-state index in [1.807, 2.05) is 0 Å². The van der Waals surface area contributed by atoms with E-state index < -0.39 is 6.10 Å². The van der Waals surface area contributed by atoms with Crippen LogP contribution < -0.4 is 5.32 Å². The number of fused-ring (bicyclic) bond motifs is 1. The molecule has 1 aliphatic heterocycles. The van der Waals surface area contributed by atoms with Gasteiger partial charge in [0.05, 0.1) is 16.1 Å². The quantitative estimate of drug-likeness (QED) is 0.819. The molecular weight excluding hydrogens is 330 g/mol. The molecule has 2 aliphatic rings. The number of piperidine rings is 1. The van der Waals surface area contributed by atoms with Crippen molar-refractivity contribution in [1.82, 2.24) is 5.32 Å². The Balaban J connectivity index is 1.70. The van der Waals surface area contributed by atoms with Crippen LogP contribution in [0.5, 0.6) is 0 Å². The highest BCUT2D eigenvalue weighted by Gasteiger charge is 2.35. The molecule has 3 rings (SSSR count). The molecule has 3 atom stereocenters. The topological polar surface area (TPSA) is 66.4 Å². The van der Waals surface area contributed by atoms with Crippen LogP contribution in [0.3, 0.4) is 0 Å². The summed E-state index contributed by atoms with van der Waals surface area (Å²) in [4.78, 5) is 25.9. The predicted molar refractivity (Wildman–Crippen MR) is 94.9 cm³/mol. The Kier molecular flexibility index (Phi) is 4.66. The van der Waals surface area contributed by atoms with Crippen molar-refractivity contribution < 1.29 is 14.7 Å². The van der Waals surface area contributed by atoms with E-state index in [-0.39, 0.29) is 29.8 Å². The first-order chi connectivity index (χ1) is 11.0. The monoisotopic (exact) mass is 347 g/mol. The van der Waals surface area contributed by atoms with Crippen LogP contribution >= 0.6 is 24.4 Å². The summed E-state index contributed by atoms with van der Waals surface area (Å²) in [5.74, 6) is -0.519. The minimum Gasteiger partial charge on any atom is -0.392 e. The summed E-state index contributed by atoms with van der Waals surface area (Å²) in [5, 5.41) is 13.1. The number of carbonyl (C=O) groups is 2. The van der Waals surface area contributed by atoms with Crippen LogP contribution in [0.2, 0.25) is 0 Å². The maximum Gasteiger partial charge on any atom is 0.167 e. The molecule has 1 saturated heterocycles. The molecule has 23 heavy (non-hydrogen) atoms. The van der Waals surface area contributed by atoms with Crippen molar-refractivity contribution in [3.05, 3.63) is 35.4 Å². The largest absolute Gasteiger partial charge is 0.392 e. The van der Waals surface area contributed by atoms with Gasteiger partial charge in [0.1, 0.15) is 0 Å². The van der Waals surface area contributed by atoms with Gasteiger partial charge in [-0.2, -0.15) is 0 Å². The minimum absolute atomic E-state index is 0.0104. The lowest BCUT2D eigenvalue weighted by Crippen LogP contribution is -2.46. The van der Waals surface area contributed by atoms with Crippen molar-refractivity contribution in [2.24, 2.45) is 11.8 Å². The standard InChI is InChI=1S/C17H17NO3S2/c19-13-7-9(16(21)11-4-2-1-3-10(11)13)5-6-12-14(20)8-15(22)18-17(12)23/h1-4,9,12,14,20H,5-8H2,(H,18,22,23). The van der Waals surface area contributed by atoms with E-state index in [0.29, 0.717) is 40.4 Å². The van der Waals surface area contributed by atoms with Crippen molar-refractivity contribution in [2.45, 2.75) is 31.8 Å². The van der Waals surface area contributed by atoms with Crippen molar-refractivity contribution in [2.75, 3.05) is 0 Å². The van der Waals surface area contributed by atoms with E-state index >= 15 is 0 Å². The summed E-state index contributed by atoms with van der Waals surface area (Å²) in [7, 11) is 0. The molecule has 120 valence electrons. The van der Waals surface area contributed by atoms with Crippen molar-refractivity contribution in [3.63, 3.8) is 0 Å². The number of aliphatic hydroxyl groups excluding tert-OH is 1. The maximum absolute atomic E-state index is 12.6. The molecule has 6 heteroatoms. The van der Waals surface area contributed by atoms with E-state index in [0.717, 1.165) is 0 Å². The van der Waals surface area contributed by atoms with Crippen LogP contribution in [0.1, 0.15) is 46.4 Å². The molecule has 0 saturated carbocycles. The number of ketones is 2. The van der Waals surface area contributed by atoms with E-state index in [1.54, 1.807) is 24.3 Å². The zero-order valence-electron chi connectivity index (χ0n) is 12.5. The molecule has 1 aromatic rings. The lowest BCUT2D eigenvalue weighted by atomic mass is 9.78. The lowest BCUT2D eigenvalue weighted by molar-refractivity contribution is 0.0800. The number of hydrogen-bond donors (Lipinski definition) is 2. The van der Waals surface area contributed by atoms with Crippen LogP contribution in [0, 0.1) is 11.8 Å². The second kappa shape index (κ2) is 6.55. The molecule has 1 fully saturated rings. The van der Waals surface area contributed by atoms with Gasteiger partial charge < -0.3 is 10.4 Å². The molecule has 1 aliphatic carbocycles. The normalized spacial score (nSPS) is 27.6. The summed E-state index contributed by atoms with van der Waals surface area (Å²) in [6, 6.07) is 6.96. The van der Waals surface area contributed by atoms with Gasteiger partial charge in [-0.25, -0.2) is 0 Å². The molecule has 1 aromatic carbocycles. The van der Waals surface area contributed by atoms with Crippen LogP contribution in [-0.2, 0) is 0 Å². The number of hydrogen-bond acceptors (Lipinski definition) is 5. The Hall–Kier alpha value is -1.50. The van der Waals surface area contributed by atoms with Gasteiger partial charge in [-0.3, -0.25) is 9.59 Å². The summed E-state index contributed by atoms with van der Waals surface area (Å²) < 4.78 is 0. The third kappa shape index (κ3) is 3.24. The highest BCUT2D eigenvalue weighted by atomic mass is 32.1. The molecule has 4 nitrogen and oxygen atoms in total. The first kappa shape index (κ1) is 16.4. The third-order valence-electron chi connectivity index (χ3n) is 4.58. The maximum atomic E-state index is 12.6. The fraction of sp³-hybridized carbons (Fsp3) is 0.412. The molecule has 0 bridgehead atoms. The van der Waals surface area contributed by atoms with Gasteiger partial charge in [0.15, 0.2) is 11.6 Å². The molecule has 0 aromatic heterocycles. The molecule has 2 N–H and O–H groups in total. The lowest BCUT2D eigenvalue weighted by Gasteiger charge is -2.31. The number of thiocarbonyl (C=S) groups is 2. The highest BCUT2D eigenvalue weighted by Crippen LogP contribution is 2.31. The van der Waals surface area contributed by atoms with Gasteiger partial charge in [0, 0.05) is 35.8 Å². The van der Waals surface area contributed by atoms with Gasteiger partial charge in [0.2, 0.25) is 0 Å². The molecule has 1 heterocycles. The van der Waals surface area contributed by atoms with Crippen LogP contribution in [0.25, 0.3) is 0 Å². The Morgan fingerprint density at radius 3 is 2.48 bits per heavy atom. The molecular formula is C17H17NO3S2. The van der Waals surface area contributed by atoms with Crippen molar-refractivity contribution >= 4 is 46.0 Å². The summed E-state index contributed by atoms with van der Waals surface area (Å²) in [5.41, 5.74) is 1.04. The average molecular weight is 347 g/mol. The van der Waals surface area contributed by atoms with Crippen LogP contribution in [-0.4, -0.2) is 32.8 Å². The number of carbonyl (C=O) groups excluding carboxylic acids is 2. The number of nitrogens with one attached hydrogen (secondary N) is 1. The average Bonchev–Trinajstić information content (AvgIpc) is 2.51. The second-order valence-electron chi connectivity index (χ2n) is 6.10. The van der Waals surface area contributed by atoms with Crippen LogP contribution in [0.15, 0.2) is 24.3 Å². The van der Waals surface area contributed by atoms with Crippen LogP contribution in [0.4, 0.5) is 0 Å². The summed E-state index contributed by atoms with van der Waals surface area (Å²) in [6.45, 7) is 0. The molecule has 3 unspecified atom stereocenters. The Bertz CT molecular complexity index is 701. The van der Waals surface area contributed by atoms with Gasteiger partial charge >= 0.3 is 0 Å². The Morgan fingerprint density at radius 2 is 1.78 bits per heavy atom. The molecule has 0 radical (unpaired) electrons. The van der Waals surface area contributed by atoms with E-state index in [4.69, 9.17) is 24.4 Å². The molecule has 0 spiro atoms. The van der Waals surface area contributed by atoms with E-state index in [1.165, 1.54) is 0 Å². The zero-order valence-corrected chi connectivity index (χ0v) is 14.1. The Labute approximate surface area is 145 Å². The highest BCUT2D eigenvalue weighted by molar-refractivity contribution is 7.82. The smallest absolute Gasteiger partial charge is 0.167 e. The third-order valence-corrected chi connectivity index (χ3v) is 5.25. The number of Topliss-reactive ketones (excluding diaryl/α,β-unsaturated/α-hetero) is 2. The fourth-order valence-electron chi connectivity index (χ4n) is 3.31. The van der Waals surface area contributed by atoms with Crippen molar-refractivity contribution in [3.8, 4) is 0 Å². The fourth-order valence-corrected chi connectivity index (χ4v) is 4.06. The SMILES string of the molecule is O=C1CC(CCC2C(=S)NC(=S)CC2O)C(=O)c2ccccc21. The van der Waals surface area contributed by atoms with E-state index in [2.05, 4.69) is 5.32 Å². The first-order valence-electron chi connectivity index (χ1n) is 7.65. The minimum atomic E-state index is -0.613. The van der Waals surface area contributed by atoms with Crippen molar-refractivity contribution in [1.29, 1.82) is 0 Å². The number of aliphatic hydroxyl groups is 1.